The lowest BCUT2D eigenvalue weighted by Gasteiger charge is -2.04. The smallest absolute Gasteiger partial charge is 0.408 e. The van der Waals surface area contributed by atoms with Gasteiger partial charge >= 0.3 is 5.76 Å². The van der Waals surface area contributed by atoms with E-state index in [1.54, 1.807) is 18.2 Å². The van der Waals surface area contributed by atoms with Crippen LogP contribution in [-0.4, -0.2) is 24.6 Å². The van der Waals surface area contributed by atoms with Gasteiger partial charge in [-0.1, -0.05) is 6.07 Å². The monoisotopic (exact) mass is 222 g/mol. The van der Waals surface area contributed by atoms with E-state index < -0.39 is 5.76 Å². The molecular formula is C10H10N2O4. The number of rotatable bonds is 3. The van der Waals surface area contributed by atoms with Crippen molar-refractivity contribution in [2.75, 3.05) is 19.0 Å². The molecule has 1 amide bonds. The minimum atomic E-state index is -0.552. The number of fused-ring (bicyclic) bond motifs is 1. The van der Waals surface area contributed by atoms with Crippen molar-refractivity contribution in [2.45, 2.75) is 0 Å². The second-order valence-corrected chi connectivity index (χ2v) is 3.17. The molecule has 0 atom stereocenters. The lowest BCUT2D eigenvalue weighted by atomic mass is 10.3. The highest BCUT2D eigenvalue weighted by atomic mass is 16.5. The van der Waals surface area contributed by atoms with Crippen LogP contribution in [0.3, 0.4) is 0 Å². The molecule has 1 heterocycles. The molecule has 1 aromatic carbocycles. The lowest BCUT2D eigenvalue weighted by molar-refractivity contribution is -0.119. The van der Waals surface area contributed by atoms with Crippen molar-refractivity contribution in [1.82, 2.24) is 4.98 Å². The maximum absolute atomic E-state index is 11.3. The van der Waals surface area contributed by atoms with E-state index in [1.165, 1.54) is 7.11 Å². The second-order valence-electron chi connectivity index (χ2n) is 3.17. The summed E-state index contributed by atoms with van der Waals surface area (Å²) in [5.41, 5.74) is 1.36. The molecule has 2 N–H and O–H groups in total. The minimum absolute atomic E-state index is 0.0432. The van der Waals surface area contributed by atoms with E-state index in [-0.39, 0.29) is 12.5 Å². The topological polar surface area (TPSA) is 84.3 Å². The molecule has 0 aliphatic heterocycles. The van der Waals surface area contributed by atoms with Gasteiger partial charge in [-0.05, 0) is 12.1 Å². The molecule has 0 aliphatic carbocycles. The molecule has 0 saturated heterocycles. The van der Waals surface area contributed by atoms with Crippen LogP contribution in [0, 0.1) is 0 Å². The average Bonchev–Trinajstić information content (AvgIpc) is 2.60. The molecule has 0 spiro atoms. The van der Waals surface area contributed by atoms with Crippen LogP contribution in [0.5, 0.6) is 0 Å². The van der Waals surface area contributed by atoms with E-state index in [4.69, 9.17) is 4.42 Å². The van der Waals surface area contributed by atoms with Gasteiger partial charge in [-0.25, -0.2) is 4.79 Å². The number of benzene rings is 1. The number of hydrogen-bond acceptors (Lipinski definition) is 4. The number of ether oxygens (including phenoxy) is 1. The van der Waals surface area contributed by atoms with Crippen LogP contribution >= 0.6 is 0 Å². The Kier molecular flexibility index (Phi) is 2.74. The van der Waals surface area contributed by atoms with E-state index in [9.17, 15) is 9.59 Å². The Labute approximate surface area is 90.2 Å². The minimum Gasteiger partial charge on any atom is -0.408 e. The van der Waals surface area contributed by atoms with Crippen LogP contribution in [0.1, 0.15) is 0 Å². The zero-order valence-electron chi connectivity index (χ0n) is 8.57. The standard InChI is InChI=1S/C10H10N2O4/c1-15-5-8(13)11-6-3-2-4-7-9(6)12-10(14)16-7/h2-4H,5H2,1H3,(H,11,13)(H,12,14). The molecule has 84 valence electrons. The molecule has 0 bridgehead atoms. The molecule has 0 fully saturated rings. The summed E-state index contributed by atoms with van der Waals surface area (Å²) in [5.74, 6) is -0.847. The average molecular weight is 222 g/mol. The van der Waals surface area contributed by atoms with Gasteiger partial charge in [-0.3, -0.25) is 9.78 Å². The van der Waals surface area contributed by atoms with Crippen molar-refractivity contribution < 1.29 is 13.9 Å². The van der Waals surface area contributed by atoms with Gasteiger partial charge in [0.15, 0.2) is 5.58 Å². The normalized spacial score (nSPS) is 10.6. The fourth-order valence-corrected chi connectivity index (χ4v) is 1.39. The van der Waals surface area contributed by atoms with Crippen LogP contribution in [0.4, 0.5) is 5.69 Å². The highest BCUT2D eigenvalue weighted by Gasteiger charge is 2.08. The predicted octanol–water partition coefficient (Wildman–Crippen LogP) is 0.706. The first-order valence-electron chi connectivity index (χ1n) is 4.61. The second kappa shape index (κ2) is 4.19. The Bertz CT molecular complexity index is 569. The largest absolute Gasteiger partial charge is 0.417 e. The van der Waals surface area contributed by atoms with Gasteiger partial charge < -0.3 is 14.5 Å². The first kappa shape index (κ1) is 10.4. The van der Waals surface area contributed by atoms with Crippen molar-refractivity contribution in [3.05, 3.63) is 28.7 Å². The fourth-order valence-electron chi connectivity index (χ4n) is 1.39. The van der Waals surface area contributed by atoms with Crippen molar-refractivity contribution >= 4 is 22.7 Å². The van der Waals surface area contributed by atoms with Crippen LogP contribution in [0.25, 0.3) is 11.1 Å². The maximum atomic E-state index is 11.3. The van der Waals surface area contributed by atoms with Crippen LogP contribution < -0.4 is 11.1 Å². The highest BCUT2D eigenvalue weighted by Crippen LogP contribution is 2.19. The number of carbonyl (C=O) groups is 1. The summed E-state index contributed by atoms with van der Waals surface area (Å²) >= 11 is 0. The molecule has 2 rings (SSSR count). The Morgan fingerprint density at radius 1 is 1.56 bits per heavy atom. The third-order valence-corrected chi connectivity index (χ3v) is 2.01. The molecule has 0 saturated carbocycles. The highest BCUT2D eigenvalue weighted by molar-refractivity contribution is 5.99. The first-order chi connectivity index (χ1) is 7.70. The molecule has 0 unspecified atom stereocenters. The molecule has 2 aromatic rings. The molecule has 6 heteroatoms. The van der Waals surface area contributed by atoms with Gasteiger partial charge in [0.2, 0.25) is 5.91 Å². The zero-order chi connectivity index (χ0) is 11.5. The molecule has 1 aromatic heterocycles. The summed E-state index contributed by atoms with van der Waals surface area (Å²) in [4.78, 5) is 24.8. The molecule has 6 nitrogen and oxygen atoms in total. The number of amides is 1. The third-order valence-electron chi connectivity index (χ3n) is 2.01. The van der Waals surface area contributed by atoms with Gasteiger partial charge in [0.05, 0.1) is 5.69 Å². The van der Waals surface area contributed by atoms with Crippen molar-refractivity contribution in [2.24, 2.45) is 0 Å². The molecular weight excluding hydrogens is 212 g/mol. The quantitative estimate of drug-likeness (QED) is 0.800. The van der Waals surface area contributed by atoms with Crippen molar-refractivity contribution in [1.29, 1.82) is 0 Å². The summed E-state index contributed by atoms with van der Waals surface area (Å²) in [6.45, 7) is -0.0432. The van der Waals surface area contributed by atoms with Crippen molar-refractivity contribution in [3.63, 3.8) is 0 Å². The Hall–Kier alpha value is -2.08. The SMILES string of the molecule is COCC(=O)Nc1cccc2oc(=O)[nH]c12. The van der Waals surface area contributed by atoms with Crippen LogP contribution in [0.15, 0.2) is 27.4 Å². The van der Waals surface area contributed by atoms with E-state index in [0.717, 1.165) is 0 Å². The summed E-state index contributed by atoms with van der Waals surface area (Å²) in [5, 5.41) is 2.61. The third kappa shape index (κ3) is 1.96. The fraction of sp³-hybridized carbons (Fsp3) is 0.200. The Morgan fingerprint density at radius 3 is 3.12 bits per heavy atom. The maximum Gasteiger partial charge on any atom is 0.417 e. The van der Waals surface area contributed by atoms with E-state index in [0.29, 0.717) is 16.8 Å². The molecule has 16 heavy (non-hydrogen) atoms. The van der Waals surface area contributed by atoms with E-state index in [1.807, 2.05) is 0 Å². The van der Waals surface area contributed by atoms with Crippen LogP contribution in [-0.2, 0) is 9.53 Å². The Morgan fingerprint density at radius 2 is 2.38 bits per heavy atom. The molecule has 0 aliphatic rings. The number of methoxy groups -OCH3 is 1. The van der Waals surface area contributed by atoms with Gasteiger partial charge in [0.25, 0.3) is 0 Å². The number of aromatic amines is 1. The van der Waals surface area contributed by atoms with Gasteiger partial charge in [-0.2, -0.15) is 0 Å². The van der Waals surface area contributed by atoms with Crippen molar-refractivity contribution in [3.8, 4) is 0 Å². The number of aromatic nitrogens is 1. The number of anilines is 1. The lowest BCUT2D eigenvalue weighted by Crippen LogP contribution is -2.17. The number of H-pyrrole nitrogens is 1. The Balaban J connectivity index is 2.36. The zero-order valence-corrected chi connectivity index (χ0v) is 8.57. The van der Waals surface area contributed by atoms with Gasteiger partial charge in [0, 0.05) is 7.11 Å². The van der Waals surface area contributed by atoms with E-state index in [2.05, 4.69) is 15.0 Å². The number of hydrogen-bond donors (Lipinski definition) is 2. The summed E-state index contributed by atoms with van der Waals surface area (Å²) < 4.78 is 9.54. The van der Waals surface area contributed by atoms with Gasteiger partial charge in [-0.15, -0.1) is 0 Å². The summed E-state index contributed by atoms with van der Waals surface area (Å²) in [6.07, 6.45) is 0. The number of oxazole rings is 1. The number of para-hydroxylation sites is 1. The van der Waals surface area contributed by atoms with Gasteiger partial charge in [0.1, 0.15) is 12.1 Å². The summed E-state index contributed by atoms with van der Waals surface area (Å²) in [7, 11) is 1.43. The number of carbonyl (C=O) groups excluding carboxylic acids is 1. The van der Waals surface area contributed by atoms with Crippen LogP contribution in [0.2, 0.25) is 0 Å². The first-order valence-corrected chi connectivity index (χ1v) is 4.61. The number of nitrogens with one attached hydrogen (secondary N) is 2. The predicted molar refractivity (Wildman–Crippen MR) is 57.3 cm³/mol. The van der Waals surface area contributed by atoms with E-state index >= 15 is 0 Å². The summed E-state index contributed by atoms with van der Waals surface area (Å²) in [6, 6.07) is 4.99. The molecule has 0 radical (unpaired) electrons.